The van der Waals surface area contributed by atoms with Crippen LogP contribution in [-0.4, -0.2) is 39.1 Å². The van der Waals surface area contributed by atoms with E-state index in [4.69, 9.17) is 5.10 Å². The van der Waals surface area contributed by atoms with E-state index in [1.54, 1.807) is 4.90 Å². The zero-order valence-corrected chi connectivity index (χ0v) is 21.1. The molecule has 176 valence electrons. The van der Waals surface area contributed by atoms with Gasteiger partial charge in [-0.2, -0.15) is 5.10 Å². The third kappa shape index (κ3) is 6.44. The van der Waals surface area contributed by atoms with Crippen LogP contribution < -0.4 is 5.32 Å². The normalized spacial score (nSPS) is 11.7. The van der Waals surface area contributed by atoms with E-state index >= 15 is 0 Å². The molecule has 1 aromatic heterocycles. The van der Waals surface area contributed by atoms with Crippen molar-refractivity contribution in [3.05, 3.63) is 41.1 Å². The van der Waals surface area contributed by atoms with Gasteiger partial charge in [0.15, 0.2) is 0 Å². The van der Waals surface area contributed by atoms with Crippen LogP contribution in [0.4, 0.5) is 5.82 Å². The molecule has 0 spiro atoms. The maximum Gasteiger partial charge on any atom is 0.245 e. The molecule has 6 nitrogen and oxygen atoms in total. The van der Waals surface area contributed by atoms with Gasteiger partial charge >= 0.3 is 0 Å². The fraction of sp³-hybridized carbons (Fsp3) is 0.577. The van der Waals surface area contributed by atoms with Crippen molar-refractivity contribution >= 4 is 17.6 Å². The zero-order chi connectivity index (χ0) is 24.1. The third-order valence-corrected chi connectivity index (χ3v) is 5.80. The summed E-state index contributed by atoms with van der Waals surface area (Å²) in [6.07, 6.45) is 3.42. The van der Waals surface area contributed by atoms with E-state index in [0.717, 1.165) is 41.8 Å². The van der Waals surface area contributed by atoms with Crippen LogP contribution in [0.1, 0.15) is 84.0 Å². The first-order valence-corrected chi connectivity index (χ1v) is 11.7. The van der Waals surface area contributed by atoms with Crippen molar-refractivity contribution in [2.45, 2.75) is 92.5 Å². The van der Waals surface area contributed by atoms with Crippen LogP contribution >= 0.6 is 0 Å². The lowest BCUT2D eigenvalue weighted by atomic mass is 9.92. The third-order valence-electron chi connectivity index (χ3n) is 5.80. The maximum absolute atomic E-state index is 13.0. The molecule has 32 heavy (non-hydrogen) atoms. The Morgan fingerprint density at radius 2 is 1.84 bits per heavy atom. The largest absolute Gasteiger partial charge is 0.331 e. The van der Waals surface area contributed by atoms with Gasteiger partial charge in [0.2, 0.25) is 11.8 Å². The van der Waals surface area contributed by atoms with Crippen molar-refractivity contribution in [2.75, 3.05) is 11.9 Å². The number of anilines is 1. The second-order valence-electron chi connectivity index (χ2n) is 9.92. The minimum absolute atomic E-state index is 0.0296. The number of rotatable bonds is 9. The number of nitrogens with one attached hydrogen (secondary N) is 1. The molecule has 0 aliphatic rings. The zero-order valence-electron chi connectivity index (χ0n) is 21.1. The van der Waals surface area contributed by atoms with Crippen LogP contribution in [0.5, 0.6) is 0 Å². The summed E-state index contributed by atoms with van der Waals surface area (Å²) in [5.41, 5.74) is 3.94. The molecule has 0 aliphatic heterocycles. The fourth-order valence-corrected chi connectivity index (χ4v) is 3.55. The molecule has 0 saturated heterocycles. The van der Waals surface area contributed by atoms with Gasteiger partial charge in [-0.1, -0.05) is 52.7 Å². The number of carbonyl (C=O) groups is 2. The number of benzene rings is 1. The predicted octanol–water partition coefficient (Wildman–Crippen LogP) is 5.54. The Balaban J connectivity index is 2.30. The molecule has 0 radical (unpaired) electrons. The highest BCUT2D eigenvalue weighted by Crippen LogP contribution is 2.28. The number of unbranched alkanes of at least 4 members (excludes halogenated alkanes) is 2. The maximum atomic E-state index is 13.0. The van der Waals surface area contributed by atoms with Crippen LogP contribution in [0.3, 0.4) is 0 Å². The first-order chi connectivity index (χ1) is 15.0. The topological polar surface area (TPSA) is 67.2 Å². The molecule has 0 saturated carbocycles. The summed E-state index contributed by atoms with van der Waals surface area (Å²) >= 11 is 0. The molecule has 0 unspecified atom stereocenters. The Labute approximate surface area is 193 Å². The average molecular weight is 441 g/mol. The number of hydrogen-bond acceptors (Lipinski definition) is 3. The highest BCUT2D eigenvalue weighted by atomic mass is 16.2. The quantitative estimate of drug-likeness (QED) is 0.520. The molecule has 6 heteroatoms. The van der Waals surface area contributed by atoms with E-state index in [1.165, 1.54) is 0 Å². The minimum Gasteiger partial charge on any atom is -0.331 e. The highest BCUT2D eigenvalue weighted by Gasteiger charge is 2.24. The smallest absolute Gasteiger partial charge is 0.245 e. The standard InChI is InChI=1S/C26H40N4O2/c1-9-10-11-15-25(32)29(18(2)3)17-24(31)27-23-16-22(26(6,7)8)28-30(23)21-14-12-13-19(4)20(21)5/h12-14,16,18H,9-11,15,17H2,1-8H3,(H,27,31). The molecular weight excluding hydrogens is 400 g/mol. The van der Waals surface area contributed by atoms with E-state index in [2.05, 4.69) is 52.9 Å². The van der Waals surface area contributed by atoms with Crippen LogP contribution in [0.25, 0.3) is 5.69 Å². The summed E-state index contributed by atoms with van der Waals surface area (Å²) in [4.78, 5) is 27.4. The molecular formula is C26H40N4O2. The summed E-state index contributed by atoms with van der Waals surface area (Å²) in [6.45, 7) is 16.5. The van der Waals surface area contributed by atoms with Gasteiger partial charge in [0.05, 0.1) is 11.4 Å². The first kappa shape index (κ1) is 25.6. The average Bonchev–Trinajstić information content (AvgIpc) is 3.12. The Kier molecular flexibility index (Phi) is 8.65. The van der Waals surface area contributed by atoms with Crippen molar-refractivity contribution in [2.24, 2.45) is 0 Å². The van der Waals surface area contributed by atoms with Gasteiger partial charge < -0.3 is 10.2 Å². The van der Waals surface area contributed by atoms with E-state index in [9.17, 15) is 9.59 Å². The molecule has 2 amide bonds. The summed E-state index contributed by atoms with van der Waals surface area (Å²) in [6, 6.07) is 7.97. The van der Waals surface area contributed by atoms with Crippen molar-refractivity contribution < 1.29 is 9.59 Å². The number of carbonyl (C=O) groups excluding carboxylic acids is 2. The Morgan fingerprint density at radius 1 is 1.16 bits per heavy atom. The van der Waals surface area contributed by atoms with Crippen molar-refractivity contribution in [3.8, 4) is 5.69 Å². The monoisotopic (exact) mass is 440 g/mol. The van der Waals surface area contributed by atoms with Crippen molar-refractivity contribution in [3.63, 3.8) is 0 Å². The number of hydrogen-bond donors (Lipinski definition) is 1. The number of aryl methyl sites for hydroxylation is 1. The summed E-state index contributed by atoms with van der Waals surface area (Å²) in [5, 5.41) is 7.85. The first-order valence-electron chi connectivity index (χ1n) is 11.7. The number of aromatic nitrogens is 2. The highest BCUT2D eigenvalue weighted by molar-refractivity contribution is 5.94. The predicted molar refractivity (Wildman–Crippen MR) is 131 cm³/mol. The molecule has 0 fully saturated rings. The van der Waals surface area contributed by atoms with Gasteiger partial charge in [0.1, 0.15) is 12.4 Å². The Bertz CT molecular complexity index is 938. The van der Waals surface area contributed by atoms with Gasteiger partial charge in [-0.3, -0.25) is 9.59 Å². The van der Waals surface area contributed by atoms with E-state index in [-0.39, 0.29) is 29.8 Å². The van der Waals surface area contributed by atoms with Gasteiger partial charge in [-0.15, -0.1) is 0 Å². The molecule has 0 atom stereocenters. The Morgan fingerprint density at radius 3 is 2.44 bits per heavy atom. The van der Waals surface area contributed by atoms with Crippen LogP contribution in [0.15, 0.2) is 24.3 Å². The van der Waals surface area contributed by atoms with Gasteiger partial charge in [0.25, 0.3) is 0 Å². The van der Waals surface area contributed by atoms with E-state index in [0.29, 0.717) is 12.2 Å². The van der Waals surface area contributed by atoms with Gasteiger partial charge in [0, 0.05) is 23.9 Å². The van der Waals surface area contributed by atoms with Gasteiger partial charge in [-0.05, 0) is 51.3 Å². The van der Waals surface area contributed by atoms with Crippen LogP contribution in [0.2, 0.25) is 0 Å². The van der Waals surface area contributed by atoms with E-state index in [1.807, 2.05) is 36.7 Å². The van der Waals surface area contributed by atoms with Crippen LogP contribution in [-0.2, 0) is 15.0 Å². The summed E-state index contributed by atoms with van der Waals surface area (Å²) in [5.74, 6) is 0.437. The summed E-state index contributed by atoms with van der Waals surface area (Å²) < 4.78 is 1.81. The molecule has 0 aliphatic carbocycles. The molecule has 2 aromatic rings. The lowest BCUT2D eigenvalue weighted by Crippen LogP contribution is -2.42. The molecule has 1 heterocycles. The number of nitrogens with zero attached hydrogens (tertiary/aromatic N) is 3. The van der Waals surface area contributed by atoms with Gasteiger partial charge in [-0.25, -0.2) is 4.68 Å². The minimum atomic E-state index is -0.213. The number of amides is 2. The lowest BCUT2D eigenvalue weighted by molar-refractivity contribution is -0.136. The molecule has 0 bridgehead atoms. The second-order valence-corrected chi connectivity index (χ2v) is 9.92. The fourth-order valence-electron chi connectivity index (χ4n) is 3.55. The summed E-state index contributed by atoms with van der Waals surface area (Å²) in [7, 11) is 0. The van der Waals surface area contributed by atoms with Crippen molar-refractivity contribution in [1.82, 2.24) is 14.7 Å². The molecule has 2 rings (SSSR count). The SMILES string of the molecule is CCCCCC(=O)N(CC(=O)Nc1cc(C(C)(C)C)nn1-c1cccc(C)c1C)C(C)C. The Hall–Kier alpha value is -2.63. The molecule has 1 N–H and O–H groups in total. The molecule has 1 aromatic carbocycles. The van der Waals surface area contributed by atoms with Crippen LogP contribution in [0, 0.1) is 13.8 Å². The van der Waals surface area contributed by atoms with Crippen molar-refractivity contribution in [1.29, 1.82) is 0 Å². The van der Waals surface area contributed by atoms with E-state index < -0.39 is 0 Å². The second kappa shape index (κ2) is 10.8. The lowest BCUT2D eigenvalue weighted by Gasteiger charge is -2.26.